The molecule has 1 aliphatic rings. The van der Waals surface area contributed by atoms with E-state index < -0.39 is 30.6 Å². The molecule has 92 valence electrons. The van der Waals surface area contributed by atoms with Crippen LogP contribution in [0.5, 0.6) is 0 Å². The van der Waals surface area contributed by atoms with Gasteiger partial charge in [0, 0.05) is 11.1 Å². The minimum absolute atomic E-state index is 0.0301. The minimum Gasteiger partial charge on any atom is -0.458 e. The van der Waals surface area contributed by atoms with Gasteiger partial charge in [-0.1, -0.05) is 13.2 Å². The van der Waals surface area contributed by atoms with Crippen molar-refractivity contribution in [1.29, 1.82) is 0 Å². The first kappa shape index (κ1) is 13.0. The second-order valence-corrected chi connectivity index (χ2v) is 3.49. The summed E-state index contributed by atoms with van der Waals surface area (Å²) in [5.74, 6) is -2.21. The van der Waals surface area contributed by atoms with E-state index in [-0.39, 0.29) is 12.2 Å². The lowest BCUT2D eigenvalue weighted by molar-refractivity contribution is -0.165. The zero-order valence-electron chi connectivity index (χ0n) is 9.36. The topological polar surface area (TPSA) is 78.9 Å². The molecule has 1 unspecified atom stereocenters. The number of hydrogen-bond donors (Lipinski definition) is 0. The molecule has 0 aromatic heterocycles. The normalized spacial score (nSPS) is 18.5. The lowest BCUT2D eigenvalue weighted by atomic mass is 10.2. The molecule has 0 amide bonds. The molecule has 1 atom stereocenters. The number of ether oxygens (including phenoxy) is 3. The second kappa shape index (κ2) is 5.29. The Balaban J connectivity index is 2.40. The van der Waals surface area contributed by atoms with Gasteiger partial charge in [-0.2, -0.15) is 0 Å². The highest BCUT2D eigenvalue weighted by Crippen LogP contribution is 2.15. The van der Waals surface area contributed by atoms with Crippen molar-refractivity contribution < 1.29 is 28.6 Å². The van der Waals surface area contributed by atoms with Gasteiger partial charge in [-0.3, -0.25) is 0 Å². The van der Waals surface area contributed by atoms with E-state index in [9.17, 15) is 14.4 Å². The maximum atomic E-state index is 11.2. The van der Waals surface area contributed by atoms with Gasteiger partial charge in [0.2, 0.25) is 6.10 Å². The fourth-order valence-corrected chi connectivity index (χ4v) is 1.03. The number of rotatable bonds is 4. The molecule has 1 fully saturated rings. The van der Waals surface area contributed by atoms with Crippen LogP contribution >= 0.6 is 0 Å². The van der Waals surface area contributed by atoms with Gasteiger partial charge in [0.15, 0.2) is 6.61 Å². The van der Waals surface area contributed by atoms with Crippen LogP contribution < -0.4 is 0 Å². The van der Waals surface area contributed by atoms with Crippen LogP contribution in [0.1, 0.15) is 6.92 Å². The van der Waals surface area contributed by atoms with E-state index in [1.807, 2.05) is 0 Å². The Kier molecular flexibility index (Phi) is 4.03. The molecule has 0 aliphatic carbocycles. The van der Waals surface area contributed by atoms with Gasteiger partial charge in [0.1, 0.15) is 6.61 Å². The summed E-state index contributed by atoms with van der Waals surface area (Å²) in [5, 5.41) is 0. The molecule has 17 heavy (non-hydrogen) atoms. The highest BCUT2D eigenvalue weighted by atomic mass is 16.6. The Morgan fingerprint density at radius 2 is 2.18 bits per heavy atom. The molecule has 0 spiro atoms. The molecule has 0 saturated carbocycles. The number of esters is 3. The zero-order chi connectivity index (χ0) is 13.0. The van der Waals surface area contributed by atoms with Crippen LogP contribution in [-0.2, 0) is 28.6 Å². The lowest BCUT2D eigenvalue weighted by Crippen LogP contribution is -2.27. The maximum Gasteiger partial charge on any atom is 0.352 e. The average molecular weight is 240 g/mol. The van der Waals surface area contributed by atoms with Crippen LogP contribution in [0.25, 0.3) is 0 Å². The fourth-order valence-electron chi connectivity index (χ4n) is 1.03. The number of carbonyl (C=O) groups is 3. The van der Waals surface area contributed by atoms with Crippen molar-refractivity contribution in [1.82, 2.24) is 0 Å². The zero-order valence-corrected chi connectivity index (χ0v) is 9.36. The predicted octanol–water partition coefficient (Wildman–Crippen LogP) is 0.130. The largest absolute Gasteiger partial charge is 0.458 e. The molecule has 1 saturated heterocycles. The summed E-state index contributed by atoms with van der Waals surface area (Å²) < 4.78 is 13.9. The van der Waals surface area contributed by atoms with Crippen molar-refractivity contribution in [2.75, 3.05) is 13.2 Å². The fraction of sp³-hybridized carbons (Fsp3) is 0.364. The Labute approximate surface area is 97.8 Å². The van der Waals surface area contributed by atoms with Crippen LogP contribution in [-0.4, -0.2) is 37.2 Å². The standard InChI is InChI=1S/C11H12O6/c1-6(2)10(13)16-5-8(12)17-9-7(3)4-15-11(9)14/h9H,1,3-5H2,2H3. The first-order valence-electron chi connectivity index (χ1n) is 4.78. The minimum atomic E-state index is -1.11. The summed E-state index contributed by atoms with van der Waals surface area (Å²) in [6, 6.07) is 0. The summed E-state index contributed by atoms with van der Waals surface area (Å²) in [6.07, 6.45) is -1.11. The van der Waals surface area contributed by atoms with E-state index in [0.29, 0.717) is 5.57 Å². The van der Waals surface area contributed by atoms with E-state index >= 15 is 0 Å². The van der Waals surface area contributed by atoms with Crippen molar-refractivity contribution in [3.8, 4) is 0 Å². The van der Waals surface area contributed by atoms with E-state index in [1.54, 1.807) is 0 Å². The van der Waals surface area contributed by atoms with E-state index in [2.05, 4.69) is 22.6 Å². The molecular formula is C11H12O6. The summed E-state index contributed by atoms with van der Waals surface area (Å²) in [7, 11) is 0. The van der Waals surface area contributed by atoms with Gasteiger partial charge >= 0.3 is 17.9 Å². The Hall–Kier alpha value is -2.11. The lowest BCUT2D eigenvalue weighted by Gasteiger charge is -2.09. The van der Waals surface area contributed by atoms with Crippen LogP contribution in [0.4, 0.5) is 0 Å². The quantitative estimate of drug-likeness (QED) is 0.301. The smallest absolute Gasteiger partial charge is 0.352 e. The molecule has 0 radical (unpaired) electrons. The van der Waals surface area contributed by atoms with Gasteiger partial charge in [0.25, 0.3) is 0 Å². The maximum absolute atomic E-state index is 11.2. The Morgan fingerprint density at radius 3 is 2.65 bits per heavy atom. The SMILES string of the molecule is C=C(C)C(=O)OCC(=O)OC1C(=C)COC1=O. The van der Waals surface area contributed by atoms with Crippen molar-refractivity contribution >= 4 is 17.9 Å². The predicted molar refractivity (Wildman–Crippen MR) is 55.8 cm³/mol. The molecule has 0 aromatic rings. The number of hydrogen-bond acceptors (Lipinski definition) is 6. The first-order chi connectivity index (χ1) is 7.91. The highest BCUT2D eigenvalue weighted by Gasteiger charge is 2.34. The van der Waals surface area contributed by atoms with Gasteiger partial charge in [0.05, 0.1) is 0 Å². The monoisotopic (exact) mass is 240 g/mol. The molecule has 6 heteroatoms. The van der Waals surface area contributed by atoms with Gasteiger partial charge < -0.3 is 14.2 Å². The average Bonchev–Trinajstić information content (AvgIpc) is 2.57. The molecule has 0 N–H and O–H groups in total. The second-order valence-electron chi connectivity index (χ2n) is 3.49. The van der Waals surface area contributed by atoms with Crippen LogP contribution in [0.2, 0.25) is 0 Å². The third-order valence-electron chi connectivity index (χ3n) is 1.90. The van der Waals surface area contributed by atoms with Crippen molar-refractivity contribution in [3.05, 3.63) is 24.3 Å². The summed E-state index contributed by atoms with van der Waals surface area (Å²) in [6.45, 7) is 7.76. The first-order valence-corrected chi connectivity index (χ1v) is 4.78. The number of carbonyl (C=O) groups excluding carboxylic acids is 3. The van der Waals surface area contributed by atoms with Crippen LogP contribution in [0.3, 0.4) is 0 Å². The van der Waals surface area contributed by atoms with Crippen LogP contribution in [0, 0.1) is 0 Å². The summed E-state index contributed by atoms with van der Waals surface area (Å²) in [4.78, 5) is 33.3. The van der Waals surface area contributed by atoms with Gasteiger partial charge in [-0.25, -0.2) is 14.4 Å². The molecular weight excluding hydrogens is 228 g/mol. The third-order valence-corrected chi connectivity index (χ3v) is 1.90. The van der Waals surface area contributed by atoms with E-state index in [0.717, 1.165) is 0 Å². The summed E-state index contributed by atoms with van der Waals surface area (Å²) >= 11 is 0. The summed E-state index contributed by atoms with van der Waals surface area (Å²) in [5.41, 5.74) is 0.525. The van der Waals surface area contributed by atoms with Gasteiger partial charge in [-0.15, -0.1) is 0 Å². The Bertz CT molecular complexity index is 379. The molecule has 0 bridgehead atoms. The molecule has 0 aromatic carbocycles. The van der Waals surface area contributed by atoms with Crippen molar-refractivity contribution in [2.45, 2.75) is 13.0 Å². The highest BCUT2D eigenvalue weighted by molar-refractivity contribution is 5.89. The van der Waals surface area contributed by atoms with E-state index in [4.69, 9.17) is 4.74 Å². The molecule has 1 heterocycles. The molecule has 1 aliphatic heterocycles. The third kappa shape index (κ3) is 3.44. The molecule has 1 rings (SSSR count). The van der Waals surface area contributed by atoms with E-state index in [1.165, 1.54) is 6.92 Å². The number of cyclic esters (lactones) is 1. The van der Waals surface area contributed by atoms with Crippen molar-refractivity contribution in [2.24, 2.45) is 0 Å². The van der Waals surface area contributed by atoms with Gasteiger partial charge in [-0.05, 0) is 6.92 Å². The van der Waals surface area contributed by atoms with Crippen LogP contribution in [0.15, 0.2) is 24.3 Å². The van der Waals surface area contributed by atoms with Crippen molar-refractivity contribution in [3.63, 3.8) is 0 Å². The molecule has 6 nitrogen and oxygen atoms in total. The Morgan fingerprint density at radius 1 is 1.53 bits per heavy atom.